The van der Waals surface area contributed by atoms with Crippen molar-refractivity contribution in [2.24, 2.45) is 0 Å². The minimum Gasteiger partial charge on any atom is -0.508 e. The molecule has 0 aliphatic heterocycles. The fraction of sp³-hybridized carbons (Fsp3) is 0.462. The van der Waals surface area contributed by atoms with E-state index in [1.54, 1.807) is 30.2 Å². The summed E-state index contributed by atoms with van der Waals surface area (Å²) in [6, 6.07) is 6.90. The topological polar surface area (TPSA) is 49.8 Å². The van der Waals surface area contributed by atoms with Gasteiger partial charge in [0.15, 0.2) is 0 Å². The van der Waals surface area contributed by atoms with Gasteiger partial charge in [-0.05, 0) is 6.07 Å². The molecule has 100 valence electrons. The van der Waals surface area contributed by atoms with Gasteiger partial charge >= 0.3 is 0 Å². The molecule has 0 aromatic heterocycles. The summed E-state index contributed by atoms with van der Waals surface area (Å²) >= 11 is 3.33. The molecule has 1 rings (SSSR count). The van der Waals surface area contributed by atoms with Crippen LogP contribution in [0.3, 0.4) is 0 Å². The molecule has 0 aliphatic carbocycles. The Morgan fingerprint density at radius 1 is 1.39 bits per heavy atom. The summed E-state index contributed by atoms with van der Waals surface area (Å²) < 4.78 is 4.98. The normalized spacial score (nSPS) is 10.3. The lowest BCUT2D eigenvalue weighted by Crippen LogP contribution is -2.36. The first-order valence-corrected chi connectivity index (χ1v) is 6.90. The molecule has 1 amide bonds. The molecule has 0 atom stereocenters. The van der Waals surface area contributed by atoms with E-state index in [2.05, 4.69) is 15.9 Å². The van der Waals surface area contributed by atoms with Gasteiger partial charge in [0.1, 0.15) is 5.75 Å². The lowest BCUT2D eigenvalue weighted by molar-refractivity contribution is -0.130. The van der Waals surface area contributed by atoms with Gasteiger partial charge in [-0.3, -0.25) is 4.79 Å². The molecule has 0 saturated heterocycles. The number of methoxy groups -OCH3 is 1. The number of hydrogen-bond donors (Lipinski definition) is 1. The van der Waals surface area contributed by atoms with E-state index >= 15 is 0 Å². The average Bonchev–Trinajstić information content (AvgIpc) is 2.37. The second-order valence-electron chi connectivity index (χ2n) is 3.87. The van der Waals surface area contributed by atoms with Crippen molar-refractivity contribution in [2.45, 2.75) is 6.42 Å². The molecule has 4 nitrogen and oxygen atoms in total. The van der Waals surface area contributed by atoms with Gasteiger partial charge in [-0.1, -0.05) is 34.1 Å². The van der Waals surface area contributed by atoms with E-state index in [0.29, 0.717) is 25.3 Å². The van der Waals surface area contributed by atoms with Crippen molar-refractivity contribution in [1.29, 1.82) is 0 Å². The Balaban J connectivity index is 2.63. The van der Waals surface area contributed by atoms with Crippen LogP contribution in [0.5, 0.6) is 5.75 Å². The highest BCUT2D eigenvalue weighted by Gasteiger charge is 2.14. The first-order valence-electron chi connectivity index (χ1n) is 5.78. The molecule has 0 radical (unpaired) electrons. The highest BCUT2D eigenvalue weighted by molar-refractivity contribution is 9.09. The van der Waals surface area contributed by atoms with Crippen LogP contribution in [0, 0.1) is 0 Å². The molecule has 0 unspecified atom stereocenters. The SMILES string of the molecule is COCCN(CCBr)C(=O)Cc1ccccc1O. The van der Waals surface area contributed by atoms with Gasteiger partial charge in [0.2, 0.25) is 5.91 Å². The minimum atomic E-state index is -0.00648. The molecular formula is C13H18BrNO3. The fourth-order valence-corrected chi connectivity index (χ4v) is 2.03. The monoisotopic (exact) mass is 315 g/mol. The summed E-state index contributed by atoms with van der Waals surface area (Å²) in [6.45, 7) is 1.71. The van der Waals surface area contributed by atoms with Crippen molar-refractivity contribution >= 4 is 21.8 Å². The number of nitrogens with zero attached hydrogens (tertiary/aromatic N) is 1. The second kappa shape index (κ2) is 8.11. The number of rotatable bonds is 7. The van der Waals surface area contributed by atoms with E-state index in [1.165, 1.54) is 0 Å². The van der Waals surface area contributed by atoms with E-state index in [0.717, 1.165) is 5.33 Å². The Labute approximate surface area is 116 Å². The van der Waals surface area contributed by atoms with Gasteiger partial charge in [0.05, 0.1) is 13.0 Å². The Morgan fingerprint density at radius 3 is 2.72 bits per heavy atom. The number of benzene rings is 1. The van der Waals surface area contributed by atoms with Gasteiger partial charge in [0, 0.05) is 31.1 Å². The van der Waals surface area contributed by atoms with E-state index in [-0.39, 0.29) is 18.1 Å². The zero-order valence-corrected chi connectivity index (χ0v) is 12.0. The minimum absolute atomic E-state index is 0.00648. The maximum Gasteiger partial charge on any atom is 0.227 e. The zero-order chi connectivity index (χ0) is 13.4. The number of para-hydroxylation sites is 1. The predicted octanol–water partition coefficient (Wildman–Crippen LogP) is 1.80. The lowest BCUT2D eigenvalue weighted by Gasteiger charge is -2.21. The Kier molecular flexibility index (Phi) is 6.75. The summed E-state index contributed by atoms with van der Waals surface area (Å²) in [6.07, 6.45) is 0.212. The van der Waals surface area contributed by atoms with Crippen LogP contribution in [0.2, 0.25) is 0 Å². The molecule has 0 aliphatic rings. The number of amides is 1. The van der Waals surface area contributed by atoms with Crippen LogP contribution in [0.15, 0.2) is 24.3 Å². The summed E-state index contributed by atoms with van der Waals surface area (Å²) in [4.78, 5) is 13.8. The highest BCUT2D eigenvalue weighted by Crippen LogP contribution is 2.16. The van der Waals surface area contributed by atoms with Crippen LogP contribution >= 0.6 is 15.9 Å². The van der Waals surface area contributed by atoms with Crippen LogP contribution in [0.25, 0.3) is 0 Å². The summed E-state index contributed by atoms with van der Waals surface area (Å²) in [5, 5.41) is 10.4. The van der Waals surface area contributed by atoms with Crippen LogP contribution < -0.4 is 0 Å². The third kappa shape index (κ3) is 4.66. The first kappa shape index (κ1) is 15.0. The predicted molar refractivity (Wildman–Crippen MR) is 74.1 cm³/mol. The molecule has 5 heteroatoms. The van der Waals surface area contributed by atoms with E-state index in [4.69, 9.17) is 4.74 Å². The number of alkyl halides is 1. The van der Waals surface area contributed by atoms with E-state index in [1.807, 2.05) is 6.07 Å². The molecule has 0 spiro atoms. The molecule has 18 heavy (non-hydrogen) atoms. The maximum atomic E-state index is 12.1. The molecule has 1 aromatic carbocycles. The zero-order valence-electron chi connectivity index (χ0n) is 10.4. The molecular weight excluding hydrogens is 298 g/mol. The number of ether oxygens (including phenoxy) is 1. The number of halogens is 1. The molecule has 0 bridgehead atoms. The van der Waals surface area contributed by atoms with Crippen LogP contribution in [0.1, 0.15) is 5.56 Å². The summed E-state index contributed by atoms with van der Waals surface area (Å²) in [5.74, 6) is 0.157. The first-order chi connectivity index (χ1) is 8.69. The van der Waals surface area contributed by atoms with Gasteiger partial charge in [0.25, 0.3) is 0 Å². The van der Waals surface area contributed by atoms with Gasteiger partial charge in [-0.25, -0.2) is 0 Å². The quantitative estimate of drug-likeness (QED) is 0.781. The van der Waals surface area contributed by atoms with Gasteiger partial charge < -0.3 is 14.7 Å². The Hall–Kier alpha value is -1.07. The van der Waals surface area contributed by atoms with Crippen LogP contribution in [0.4, 0.5) is 0 Å². The number of carbonyl (C=O) groups excluding carboxylic acids is 1. The molecule has 0 saturated carbocycles. The third-order valence-corrected chi connectivity index (χ3v) is 2.96. The number of carbonyl (C=O) groups is 1. The standard InChI is InChI=1S/C13H18BrNO3/c1-18-9-8-15(7-6-14)13(17)10-11-4-2-3-5-12(11)16/h2-5,16H,6-10H2,1H3. The van der Waals surface area contributed by atoms with Gasteiger partial charge in [-0.2, -0.15) is 0 Å². The Bertz CT molecular complexity index is 384. The van der Waals surface area contributed by atoms with Crippen molar-refractivity contribution in [1.82, 2.24) is 4.90 Å². The van der Waals surface area contributed by atoms with E-state index < -0.39 is 0 Å². The lowest BCUT2D eigenvalue weighted by atomic mass is 10.1. The van der Waals surface area contributed by atoms with Gasteiger partial charge in [-0.15, -0.1) is 0 Å². The molecule has 0 heterocycles. The third-order valence-electron chi connectivity index (χ3n) is 2.61. The van der Waals surface area contributed by atoms with Crippen molar-refractivity contribution < 1.29 is 14.6 Å². The van der Waals surface area contributed by atoms with Crippen molar-refractivity contribution in [3.8, 4) is 5.75 Å². The number of hydrogen-bond acceptors (Lipinski definition) is 3. The number of aromatic hydroxyl groups is 1. The largest absolute Gasteiger partial charge is 0.508 e. The van der Waals surface area contributed by atoms with Crippen LogP contribution in [-0.2, 0) is 16.0 Å². The molecule has 0 fully saturated rings. The van der Waals surface area contributed by atoms with Crippen molar-refractivity contribution in [3.05, 3.63) is 29.8 Å². The maximum absolute atomic E-state index is 12.1. The Morgan fingerprint density at radius 2 is 2.11 bits per heavy atom. The second-order valence-corrected chi connectivity index (χ2v) is 4.66. The van der Waals surface area contributed by atoms with Crippen LogP contribution in [-0.4, -0.2) is 48.0 Å². The highest BCUT2D eigenvalue weighted by atomic mass is 79.9. The summed E-state index contributed by atoms with van der Waals surface area (Å²) in [7, 11) is 1.61. The number of phenolic OH excluding ortho intramolecular Hbond substituents is 1. The van der Waals surface area contributed by atoms with E-state index in [9.17, 15) is 9.90 Å². The number of phenols is 1. The fourth-order valence-electron chi connectivity index (χ4n) is 1.60. The van der Waals surface area contributed by atoms with Crippen molar-refractivity contribution in [2.75, 3.05) is 32.1 Å². The molecule has 1 N–H and O–H groups in total. The average molecular weight is 316 g/mol. The van der Waals surface area contributed by atoms with Crippen molar-refractivity contribution in [3.63, 3.8) is 0 Å². The summed E-state index contributed by atoms with van der Waals surface area (Å²) in [5.41, 5.74) is 0.652. The molecule has 1 aromatic rings. The smallest absolute Gasteiger partial charge is 0.227 e.